The van der Waals surface area contributed by atoms with E-state index in [0.29, 0.717) is 0 Å². The van der Waals surface area contributed by atoms with Gasteiger partial charge < -0.3 is 5.32 Å². The third-order valence-corrected chi connectivity index (χ3v) is 2.25. The summed E-state index contributed by atoms with van der Waals surface area (Å²) in [7, 11) is 0. The number of hydrogen-bond donors (Lipinski definition) is 1. The van der Waals surface area contributed by atoms with Crippen LogP contribution in [0.25, 0.3) is 0 Å². The molecule has 0 spiro atoms. The van der Waals surface area contributed by atoms with E-state index in [-0.39, 0.29) is 0 Å². The molecule has 0 aromatic heterocycles. The lowest BCUT2D eigenvalue weighted by molar-refractivity contribution is 0.361. The molecule has 1 saturated heterocycles. The van der Waals surface area contributed by atoms with Gasteiger partial charge in [-0.05, 0) is 45.2 Å². The minimum absolute atomic E-state index is 0.893. The van der Waals surface area contributed by atoms with Gasteiger partial charge in [0.05, 0.1) is 0 Å². The van der Waals surface area contributed by atoms with Crippen molar-refractivity contribution in [2.75, 3.05) is 13.1 Å². The van der Waals surface area contributed by atoms with Gasteiger partial charge in [0, 0.05) is 6.42 Å². The zero-order valence-electron chi connectivity index (χ0n) is 7.32. The summed E-state index contributed by atoms with van der Waals surface area (Å²) >= 11 is 0. The van der Waals surface area contributed by atoms with Gasteiger partial charge in [0.15, 0.2) is 0 Å². The Morgan fingerprint density at radius 3 is 3.09 bits per heavy atom. The maximum absolute atomic E-state index is 3.41. The van der Waals surface area contributed by atoms with Crippen LogP contribution in [0.2, 0.25) is 0 Å². The van der Waals surface area contributed by atoms with Crippen LogP contribution in [-0.4, -0.2) is 13.1 Å². The van der Waals surface area contributed by atoms with Crippen molar-refractivity contribution in [3.63, 3.8) is 0 Å². The van der Waals surface area contributed by atoms with E-state index in [1.54, 1.807) is 0 Å². The van der Waals surface area contributed by atoms with Crippen molar-refractivity contribution < 1.29 is 0 Å². The highest BCUT2D eigenvalue weighted by molar-refractivity contribution is 4.95. The molecule has 1 N–H and O–H groups in total. The first-order chi connectivity index (χ1) is 5.43. The van der Waals surface area contributed by atoms with Crippen molar-refractivity contribution >= 4 is 0 Å². The van der Waals surface area contributed by atoms with Crippen molar-refractivity contribution in [3.8, 4) is 11.8 Å². The molecule has 0 aliphatic carbocycles. The van der Waals surface area contributed by atoms with Crippen molar-refractivity contribution in [1.82, 2.24) is 5.32 Å². The second-order valence-corrected chi connectivity index (χ2v) is 3.18. The van der Waals surface area contributed by atoms with Crippen LogP contribution >= 0.6 is 0 Å². The molecule has 0 amide bonds. The summed E-state index contributed by atoms with van der Waals surface area (Å²) < 4.78 is 0. The lowest BCUT2D eigenvalue weighted by Gasteiger charge is -2.21. The Bertz CT molecular complexity index is 146. The van der Waals surface area contributed by atoms with Gasteiger partial charge in [0.2, 0.25) is 0 Å². The van der Waals surface area contributed by atoms with Gasteiger partial charge in [0.25, 0.3) is 0 Å². The minimum atomic E-state index is 0.893. The summed E-state index contributed by atoms with van der Waals surface area (Å²) in [5.74, 6) is 6.95. The van der Waals surface area contributed by atoms with Crippen LogP contribution in [0.5, 0.6) is 0 Å². The second-order valence-electron chi connectivity index (χ2n) is 3.18. The van der Waals surface area contributed by atoms with Crippen molar-refractivity contribution in [2.24, 2.45) is 5.92 Å². The molecule has 1 nitrogen and oxygen atoms in total. The quantitative estimate of drug-likeness (QED) is 0.593. The van der Waals surface area contributed by atoms with E-state index in [0.717, 1.165) is 12.3 Å². The van der Waals surface area contributed by atoms with Crippen LogP contribution in [0.4, 0.5) is 0 Å². The van der Waals surface area contributed by atoms with Crippen LogP contribution in [0.3, 0.4) is 0 Å². The van der Waals surface area contributed by atoms with Crippen LogP contribution in [0, 0.1) is 17.8 Å². The molecule has 1 atom stereocenters. The van der Waals surface area contributed by atoms with Crippen LogP contribution < -0.4 is 5.32 Å². The van der Waals surface area contributed by atoms with Gasteiger partial charge in [-0.2, -0.15) is 0 Å². The van der Waals surface area contributed by atoms with E-state index in [2.05, 4.69) is 17.2 Å². The summed E-state index contributed by atoms with van der Waals surface area (Å²) in [5.41, 5.74) is 0. The topological polar surface area (TPSA) is 12.0 Å². The second kappa shape index (κ2) is 5.21. The Morgan fingerprint density at radius 2 is 2.45 bits per heavy atom. The van der Waals surface area contributed by atoms with E-state index in [1.807, 2.05) is 6.92 Å². The highest BCUT2D eigenvalue weighted by Gasteiger charge is 2.10. The predicted octanol–water partition coefficient (Wildman–Crippen LogP) is 1.79. The molecule has 1 aliphatic rings. The number of hydrogen-bond acceptors (Lipinski definition) is 1. The molecular formula is C10H17N. The van der Waals surface area contributed by atoms with Gasteiger partial charge in [-0.1, -0.05) is 0 Å². The molecule has 1 rings (SSSR count). The van der Waals surface area contributed by atoms with Crippen molar-refractivity contribution in [1.29, 1.82) is 0 Å². The summed E-state index contributed by atoms with van der Waals surface area (Å²) in [6, 6.07) is 0. The molecule has 1 heteroatoms. The smallest absolute Gasteiger partial charge is 0.00916 e. The molecule has 1 heterocycles. The summed E-state index contributed by atoms with van der Waals surface area (Å²) in [6.07, 6.45) is 5.12. The van der Waals surface area contributed by atoms with Gasteiger partial charge in [0.1, 0.15) is 0 Å². The molecule has 0 radical (unpaired) electrons. The maximum atomic E-state index is 3.41. The first-order valence-electron chi connectivity index (χ1n) is 4.54. The first-order valence-corrected chi connectivity index (χ1v) is 4.54. The number of piperidine rings is 1. The van der Waals surface area contributed by atoms with E-state index in [1.165, 1.54) is 32.4 Å². The third kappa shape index (κ3) is 3.43. The number of rotatable bonds is 2. The Labute approximate surface area is 69.6 Å². The highest BCUT2D eigenvalue weighted by Crippen LogP contribution is 2.14. The average Bonchev–Trinajstić information content (AvgIpc) is 2.07. The van der Waals surface area contributed by atoms with Gasteiger partial charge in [-0.25, -0.2) is 0 Å². The van der Waals surface area contributed by atoms with E-state index >= 15 is 0 Å². The highest BCUT2D eigenvalue weighted by atomic mass is 14.9. The predicted molar refractivity (Wildman–Crippen MR) is 48.3 cm³/mol. The van der Waals surface area contributed by atoms with E-state index in [4.69, 9.17) is 0 Å². The molecule has 0 aromatic carbocycles. The molecule has 1 unspecified atom stereocenters. The molecule has 0 bridgehead atoms. The first kappa shape index (κ1) is 8.62. The Balaban J connectivity index is 2.08. The van der Waals surface area contributed by atoms with Crippen molar-refractivity contribution in [3.05, 3.63) is 0 Å². The van der Waals surface area contributed by atoms with Gasteiger partial charge in [-0.3, -0.25) is 0 Å². The van der Waals surface area contributed by atoms with E-state index in [9.17, 15) is 0 Å². The normalized spacial score (nSPS) is 23.9. The monoisotopic (exact) mass is 151 g/mol. The average molecular weight is 151 g/mol. The molecule has 1 aliphatic heterocycles. The maximum Gasteiger partial charge on any atom is 0.00916 e. The zero-order chi connectivity index (χ0) is 7.94. The lowest BCUT2D eigenvalue weighted by Crippen LogP contribution is -2.29. The standard InChI is InChI=1S/C10H17N/c1-2-3-4-6-10-7-5-8-11-9-10/h10-11H,4-9H2,1H3. The largest absolute Gasteiger partial charge is 0.316 e. The molecule has 0 aromatic rings. The fourth-order valence-electron chi connectivity index (χ4n) is 1.57. The molecular weight excluding hydrogens is 134 g/mol. The Kier molecular flexibility index (Phi) is 4.08. The van der Waals surface area contributed by atoms with Gasteiger partial charge in [-0.15, -0.1) is 11.8 Å². The Morgan fingerprint density at radius 1 is 1.55 bits per heavy atom. The van der Waals surface area contributed by atoms with Gasteiger partial charge >= 0.3 is 0 Å². The summed E-state index contributed by atoms with van der Waals surface area (Å²) in [5, 5.41) is 3.41. The van der Waals surface area contributed by atoms with E-state index < -0.39 is 0 Å². The molecule has 62 valence electrons. The Hall–Kier alpha value is -0.480. The van der Waals surface area contributed by atoms with Crippen LogP contribution in [-0.2, 0) is 0 Å². The van der Waals surface area contributed by atoms with Crippen molar-refractivity contribution in [2.45, 2.75) is 32.6 Å². The minimum Gasteiger partial charge on any atom is -0.316 e. The zero-order valence-corrected chi connectivity index (χ0v) is 7.32. The summed E-state index contributed by atoms with van der Waals surface area (Å²) in [4.78, 5) is 0. The summed E-state index contributed by atoms with van der Waals surface area (Å²) in [6.45, 7) is 4.35. The van der Waals surface area contributed by atoms with Crippen LogP contribution in [0.1, 0.15) is 32.6 Å². The van der Waals surface area contributed by atoms with Crippen LogP contribution in [0.15, 0.2) is 0 Å². The third-order valence-electron chi connectivity index (χ3n) is 2.25. The fraction of sp³-hybridized carbons (Fsp3) is 0.800. The fourth-order valence-corrected chi connectivity index (χ4v) is 1.57. The number of nitrogens with one attached hydrogen (secondary N) is 1. The SMILES string of the molecule is CC#CCCC1CCCNC1. The lowest BCUT2D eigenvalue weighted by atomic mass is 9.95. The molecule has 11 heavy (non-hydrogen) atoms. The molecule has 1 fully saturated rings. The molecule has 0 saturated carbocycles.